The summed E-state index contributed by atoms with van der Waals surface area (Å²) in [5.41, 5.74) is 3.97. The number of hydrogen-bond acceptors (Lipinski definition) is 4. The average molecular weight is 383 g/mol. The third-order valence-electron chi connectivity index (χ3n) is 5.45. The van der Waals surface area contributed by atoms with Crippen molar-refractivity contribution < 1.29 is 4.79 Å². The second-order valence-corrected chi connectivity index (χ2v) is 7.42. The van der Waals surface area contributed by atoms with Crippen molar-refractivity contribution in [2.45, 2.75) is 18.8 Å². The number of nitrogens with zero attached hydrogens (tertiary/aromatic N) is 5. The summed E-state index contributed by atoms with van der Waals surface area (Å²) in [6, 6.07) is 17.9. The van der Waals surface area contributed by atoms with Crippen LogP contribution in [0, 0.1) is 0 Å². The number of pyridine rings is 2. The number of carbonyl (C=O) groups excluding carboxylic acids is 1. The lowest BCUT2D eigenvalue weighted by Crippen LogP contribution is -2.29. The molecule has 1 aliphatic heterocycles. The van der Waals surface area contributed by atoms with Crippen LogP contribution >= 0.6 is 0 Å². The quantitative estimate of drug-likeness (QED) is 0.542. The van der Waals surface area contributed by atoms with E-state index in [0.29, 0.717) is 13.0 Å². The Labute approximate surface area is 168 Å². The molecule has 6 nitrogen and oxygen atoms in total. The van der Waals surface area contributed by atoms with Crippen molar-refractivity contribution >= 4 is 11.6 Å². The molecule has 0 aliphatic carbocycles. The number of likely N-dealkylation sites (tertiary alicyclic amines) is 1. The minimum absolute atomic E-state index is 0.168. The Morgan fingerprint density at radius 1 is 1.03 bits per heavy atom. The van der Waals surface area contributed by atoms with Crippen LogP contribution in [0.15, 0.2) is 73.2 Å². The van der Waals surface area contributed by atoms with E-state index in [9.17, 15) is 4.79 Å². The van der Waals surface area contributed by atoms with Gasteiger partial charge in [0.05, 0.1) is 6.42 Å². The molecule has 6 heteroatoms. The Balaban J connectivity index is 1.32. The van der Waals surface area contributed by atoms with E-state index >= 15 is 0 Å². The third kappa shape index (κ3) is 3.61. The summed E-state index contributed by atoms with van der Waals surface area (Å²) in [5.74, 6) is 1.15. The highest BCUT2D eigenvalue weighted by atomic mass is 16.2. The fourth-order valence-electron chi connectivity index (χ4n) is 3.86. The summed E-state index contributed by atoms with van der Waals surface area (Å²) in [6.07, 6.45) is 6.93. The fraction of sp³-hybridized carbons (Fsp3) is 0.217. The lowest BCUT2D eigenvalue weighted by molar-refractivity contribution is -0.129. The molecule has 0 radical (unpaired) electrons. The maximum atomic E-state index is 12.6. The molecule has 144 valence electrons. The topological polar surface area (TPSA) is 63.4 Å². The van der Waals surface area contributed by atoms with E-state index < -0.39 is 0 Å². The van der Waals surface area contributed by atoms with Crippen molar-refractivity contribution in [3.63, 3.8) is 0 Å². The molecule has 4 heterocycles. The lowest BCUT2D eigenvalue weighted by atomic mass is 10.1. The number of benzene rings is 1. The van der Waals surface area contributed by atoms with E-state index in [1.165, 1.54) is 0 Å². The Morgan fingerprint density at radius 2 is 1.93 bits per heavy atom. The molecule has 3 aromatic heterocycles. The van der Waals surface area contributed by atoms with E-state index in [-0.39, 0.29) is 11.8 Å². The van der Waals surface area contributed by atoms with Gasteiger partial charge >= 0.3 is 0 Å². The van der Waals surface area contributed by atoms with E-state index in [2.05, 4.69) is 4.98 Å². The maximum absolute atomic E-state index is 12.6. The van der Waals surface area contributed by atoms with E-state index in [1.54, 1.807) is 6.20 Å². The van der Waals surface area contributed by atoms with Crippen LogP contribution in [0.3, 0.4) is 0 Å². The second kappa shape index (κ2) is 7.47. The van der Waals surface area contributed by atoms with Gasteiger partial charge in [-0.25, -0.2) is 9.50 Å². The molecule has 5 rings (SSSR count). The zero-order chi connectivity index (χ0) is 19.6. The standard InChI is InChI=1S/C23H21N5O/c29-22(13-17-5-2-1-3-6-17)27-12-10-20(15-27)23-25-21-9-8-19(16-28(21)26-23)18-7-4-11-24-14-18/h1-9,11,14,16,20H,10,12-13,15H2. The molecule has 1 atom stereocenters. The van der Waals surface area contributed by atoms with Gasteiger partial charge in [-0.15, -0.1) is 0 Å². The van der Waals surface area contributed by atoms with Crippen LogP contribution in [0.5, 0.6) is 0 Å². The smallest absolute Gasteiger partial charge is 0.227 e. The number of amides is 1. The van der Waals surface area contributed by atoms with Crippen LogP contribution in [0.25, 0.3) is 16.8 Å². The van der Waals surface area contributed by atoms with Gasteiger partial charge in [0.2, 0.25) is 5.91 Å². The minimum atomic E-state index is 0.168. The van der Waals surface area contributed by atoms with E-state index in [1.807, 2.05) is 76.4 Å². The van der Waals surface area contributed by atoms with E-state index in [0.717, 1.165) is 41.1 Å². The normalized spacial score (nSPS) is 16.4. The highest BCUT2D eigenvalue weighted by Gasteiger charge is 2.30. The number of aromatic nitrogens is 4. The van der Waals surface area contributed by atoms with Crippen LogP contribution in [0.2, 0.25) is 0 Å². The van der Waals surface area contributed by atoms with Crippen molar-refractivity contribution in [3.05, 3.63) is 84.6 Å². The summed E-state index contributed by atoms with van der Waals surface area (Å²) in [4.78, 5) is 23.5. The molecule has 1 aromatic carbocycles. The number of hydrogen-bond donors (Lipinski definition) is 0. The molecule has 4 aromatic rings. The van der Waals surface area contributed by atoms with Gasteiger partial charge in [-0.2, -0.15) is 5.10 Å². The predicted octanol–water partition coefficient (Wildman–Crippen LogP) is 3.35. The van der Waals surface area contributed by atoms with Crippen molar-refractivity contribution in [1.82, 2.24) is 24.5 Å². The van der Waals surface area contributed by atoms with Gasteiger partial charge in [0.1, 0.15) is 0 Å². The Bertz CT molecular complexity index is 1140. The van der Waals surface area contributed by atoms with Crippen LogP contribution in [-0.2, 0) is 11.2 Å². The summed E-state index contributed by atoms with van der Waals surface area (Å²) in [7, 11) is 0. The highest BCUT2D eigenvalue weighted by Crippen LogP contribution is 2.26. The molecule has 0 saturated carbocycles. The molecule has 1 fully saturated rings. The van der Waals surface area contributed by atoms with Gasteiger partial charge in [-0.1, -0.05) is 36.4 Å². The molecule has 1 aliphatic rings. The first-order chi connectivity index (χ1) is 14.3. The largest absolute Gasteiger partial charge is 0.342 e. The lowest BCUT2D eigenvalue weighted by Gasteiger charge is -2.15. The van der Waals surface area contributed by atoms with Crippen LogP contribution in [0.1, 0.15) is 23.7 Å². The first kappa shape index (κ1) is 17.6. The highest BCUT2D eigenvalue weighted by molar-refractivity contribution is 5.79. The zero-order valence-corrected chi connectivity index (χ0v) is 16.0. The Kier molecular flexibility index (Phi) is 4.52. The maximum Gasteiger partial charge on any atom is 0.227 e. The number of fused-ring (bicyclic) bond motifs is 1. The Hall–Kier alpha value is -3.54. The van der Waals surface area contributed by atoms with Crippen LogP contribution in [0.4, 0.5) is 0 Å². The number of rotatable bonds is 4. The zero-order valence-electron chi connectivity index (χ0n) is 16.0. The summed E-state index contributed by atoms with van der Waals surface area (Å²) in [6.45, 7) is 1.44. The van der Waals surface area contributed by atoms with Gasteiger partial charge in [0, 0.05) is 48.7 Å². The molecular weight excluding hydrogens is 362 g/mol. The van der Waals surface area contributed by atoms with Crippen LogP contribution < -0.4 is 0 Å². The third-order valence-corrected chi connectivity index (χ3v) is 5.45. The molecule has 29 heavy (non-hydrogen) atoms. The second-order valence-electron chi connectivity index (χ2n) is 7.42. The first-order valence-electron chi connectivity index (χ1n) is 9.85. The molecule has 0 N–H and O–H groups in total. The van der Waals surface area contributed by atoms with Gasteiger partial charge in [-0.05, 0) is 30.2 Å². The monoisotopic (exact) mass is 383 g/mol. The molecular formula is C23H21N5O. The van der Waals surface area contributed by atoms with E-state index in [4.69, 9.17) is 10.1 Å². The fourth-order valence-corrected chi connectivity index (χ4v) is 3.86. The van der Waals surface area contributed by atoms with Gasteiger partial charge in [0.15, 0.2) is 11.5 Å². The first-order valence-corrected chi connectivity index (χ1v) is 9.85. The molecule has 0 spiro atoms. The van der Waals surface area contributed by atoms with Crippen LogP contribution in [-0.4, -0.2) is 43.5 Å². The summed E-state index contributed by atoms with van der Waals surface area (Å²) >= 11 is 0. The molecule has 0 bridgehead atoms. The van der Waals surface area contributed by atoms with Gasteiger partial charge in [0.25, 0.3) is 0 Å². The van der Waals surface area contributed by atoms with Crippen molar-refractivity contribution in [3.8, 4) is 11.1 Å². The summed E-state index contributed by atoms with van der Waals surface area (Å²) < 4.78 is 1.83. The molecule has 1 saturated heterocycles. The minimum Gasteiger partial charge on any atom is -0.342 e. The van der Waals surface area contributed by atoms with Crippen molar-refractivity contribution in [2.24, 2.45) is 0 Å². The predicted molar refractivity (Wildman–Crippen MR) is 110 cm³/mol. The number of carbonyl (C=O) groups is 1. The average Bonchev–Trinajstić information content (AvgIpc) is 3.42. The van der Waals surface area contributed by atoms with Gasteiger partial charge in [-0.3, -0.25) is 9.78 Å². The van der Waals surface area contributed by atoms with Gasteiger partial charge < -0.3 is 4.90 Å². The SMILES string of the molecule is O=C(Cc1ccccc1)N1CCC(c2nc3ccc(-c4cccnc4)cn3n2)C1. The molecule has 1 amide bonds. The Morgan fingerprint density at radius 3 is 2.76 bits per heavy atom. The summed E-state index contributed by atoms with van der Waals surface area (Å²) in [5, 5.41) is 4.71. The molecule has 1 unspecified atom stereocenters. The van der Waals surface area contributed by atoms with Crippen molar-refractivity contribution in [1.29, 1.82) is 0 Å². The van der Waals surface area contributed by atoms with Crippen molar-refractivity contribution in [2.75, 3.05) is 13.1 Å².